The smallest absolute Gasteiger partial charge is 0.261 e. The number of nitrogens with zero attached hydrogens (tertiary/aromatic N) is 4. The Hall–Kier alpha value is -4.61. The van der Waals surface area contributed by atoms with Crippen molar-refractivity contribution in [3.05, 3.63) is 137 Å². The van der Waals surface area contributed by atoms with Gasteiger partial charge in [-0.1, -0.05) is 90.6 Å². The Balaban J connectivity index is 1.08. The van der Waals surface area contributed by atoms with Crippen molar-refractivity contribution in [1.82, 2.24) is 19.7 Å². The lowest BCUT2D eigenvalue weighted by atomic mass is 9.99. The van der Waals surface area contributed by atoms with Crippen LogP contribution < -0.4 is 0 Å². The lowest BCUT2D eigenvalue weighted by Crippen LogP contribution is -2.31. The van der Waals surface area contributed by atoms with Crippen LogP contribution in [0.4, 0.5) is 0 Å². The van der Waals surface area contributed by atoms with Gasteiger partial charge in [0, 0.05) is 24.8 Å². The highest BCUT2D eigenvalue weighted by Gasteiger charge is 2.35. The van der Waals surface area contributed by atoms with Crippen LogP contribution in [0, 0.1) is 0 Å². The molecule has 5 aromatic rings. The van der Waals surface area contributed by atoms with Gasteiger partial charge >= 0.3 is 0 Å². The molecule has 2 aliphatic rings. The Morgan fingerprint density at radius 2 is 1.54 bits per heavy atom. The molecule has 4 aromatic carbocycles. The van der Waals surface area contributed by atoms with Gasteiger partial charge in [0.2, 0.25) is 0 Å². The van der Waals surface area contributed by atoms with Crippen LogP contribution in [-0.4, -0.2) is 48.4 Å². The summed E-state index contributed by atoms with van der Waals surface area (Å²) in [5, 5.41) is 18.5. The van der Waals surface area contributed by atoms with Gasteiger partial charge in [-0.25, -0.2) is 0 Å². The number of hydrogen-bond acceptors (Lipinski definition) is 8. The molecule has 0 radical (unpaired) electrons. The summed E-state index contributed by atoms with van der Waals surface area (Å²) in [6.07, 6.45) is 1.51. The van der Waals surface area contributed by atoms with Crippen molar-refractivity contribution >= 4 is 23.6 Å². The predicted molar refractivity (Wildman–Crippen MR) is 173 cm³/mol. The number of carbonyl (C=O) groups excluding carboxylic acids is 2. The van der Waals surface area contributed by atoms with Gasteiger partial charge in [0.05, 0.1) is 36.5 Å². The molecule has 10 heteroatoms. The van der Waals surface area contributed by atoms with Gasteiger partial charge in [0.15, 0.2) is 11.4 Å². The second-order valence-electron chi connectivity index (χ2n) is 11.4. The Bertz CT molecular complexity index is 1840. The van der Waals surface area contributed by atoms with Gasteiger partial charge in [-0.05, 0) is 46.0 Å². The zero-order valence-electron chi connectivity index (χ0n) is 25.2. The summed E-state index contributed by atoms with van der Waals surface area (Å²) in [4.78, 5) is 27.1. The summed E-state index contributed by atoms with van der Waals surface area (Å²) in [5.74, 6) is 0.160. The number of fused-ring (bicyclic) bond motifs is 1. The summed E-state index contributed by atoms with van der Waals surface area (Å²) in [6.45, 7) is 0.197. The zero-order valence-corrected chi connectivity index (χ0v) is 26.0. The van der Waals surface area contributed by atoms with E-state index in [1.54, 1.807) is 42.4 Å². The minimum Gasteiger partial charge on any atom is -0.392 e. The first-order valence-electron chi connectivity index (χ1n) is 15.1. The molecule has 7 rings (SSSR count). The summed E-state index contributed by atoms with van der Waals surface area (Å²) < 4.78 is 14.9. The molecular formula is C36H32N4O5S. The van der Waals surface area contributed by atoms with Crippen LogP contribution in [0.2, 0.25) is 0 Å². The number of ether oxygens (including phenoxy) is 2. The van der Waals surface area contributed by atoms with Crippen LogP contribution in [0.25, 0.3) is 11.1 Å². The number of thioether (sulfide) groups is 1. The average molecular weight is 633 g/mol. The molecule has 1 aromatic heterocycles. The SMILES string of the molecule is Cn1cnnc1SC[C@@H]1C[C@H](c2ccc(CO)cc2)O[C@H](c2ccc(-c3cccc(CN4C(=O)c5ccccc5C4=O)c3)cc2)O1. The van der Waals surface area contributed by atoms with Gasteiger partial charge in [0.1, 0.15) is 6.33 Å². The van der Waals surface area contributed by atoms with Crippen molar-refractivity contribution in [3.8, 4) is 11.1 Å². The van der Waals surface area contributed by atoms with E-state index >= 15 is 0 Å². The number of carbonyl (C=O) groups is 2. The van der Waals surface area contributed by atoms with Crippen LogP contribution in [-0.2, 0) is 29.7 Å². The summed E-state index contributed by atoms with van der Waals surface area (Å²) in [5.41, 5.74) is 6.52. The molecule has 232 valence electrons. The fraction of sp³-hybridized carbons (Fsp3) is 0.222. The van der Waals surface area contributed by atoms with E-state index in [-0.39, 0.29) is 37.2 Å². The first-order valence-corrected chi connectivity index (χ1v) is 16.1. The van der Waals surface area contributed by atoms with Crippen LogP contribution in [0.5, 0.6) is 0 Å². The van der Waals surface area contributed by atoms with Crippen LogP contribution in [0.3, 0.4) is 0 Å². The van der Waals surface area contributed by atoms with Crippen molar-refractivity contribution < 1.29 is 24.2 Å². The molecule has 1 N–H and O–H groups in total. The number of aryl methyl sites for hydroxylation is 1. The molecule has 0 saturated carbocycles. The van der Waals surface area contributed by atoms with E-state index in [2.05, 4.69) is 10.2 Å². The molecule has 46 heavy (non-hydrogen) atoms. The van der Waals surface area contributed by atoms with Crippen molar-refractivity contribution in [1.29, 1.82) is 0 Å². The number of rotatable bonds is 9. The standard InChI is InChI=1S/C36H32N4O5S/c1-39-22-37-38-36(39)46-21-29-18-32(26-11-9-23(20-41)10-12-26)45-35(44-29)27-15-13-25(14-16-27)28-6-4-5-24(17-28)19-40-33(42)30-7-2-3-8-31(30)34(40)43/h2-17,22,29,32,35,41H,18-21H2,1H3/t29-,32+,35+/m0/s1. The second kappa shape index (κ2) is 13.0. The molecule has 2 aliphatic heterocycles. The average Bonchev–Trinajstić information content (AvgIpc) is 3.63. The maximum atomic E-state index is 12.9. The molecule has 3 atom stereocenters. The first kappa shape index (κ1) is 30.1. The normalized spacial score (nSPS) is 19.4. The Kier molecular flexibility index (Phi) is 8.51. The topological polar surface area (TPSA) is 107 Å². The number of aromatic nitrogens is 3. The van der Waals surface area contributed by atoms with E-state index in [0.29, 0.717) is 23.3 Å². The Morgan fingerprint density at radius 3 is 2.22 bits per heavy atom. The Morgan fingerprint density at radius 1 is 0.826 bits per heavy atom. The van der Waals surface area contributed by atoms with Gasteiger partial charge in [0.25, 0.3) is 11.8 Å². The maximum absolute atomic E-state index is 12.9. The number of benzene rings is 4. The monoisotopic (exact) mass is 632 g/mol. The highest BCUT2D eigenvalue weighted by molar-refractivity contribution is 7.99. The molecule has 1 saturated heterocycles. The third-order valence-electron chi connectivity index (χ3n) is 8.35. The van der Waals surface area contributed by atoms with E-state index < -0.39 is 6.29 Å². The number of aliphatic hydroxyl groups excluding tert-OH is 1. The van der Waals surface area contributed by atoms with Crippen LogP contribution in [0.15, 0.2) is 109 Å². The number of hydrogen-bond donors (Lipinski definition) is 1. The summed E-state index contributed by atoms with van der Waals surface area (Å²) in [7, 11) is 1.92. The summed E-state index contributed by atoms with van der Waals surface area (Å²) in [6, 6.07) is 30.8. The van der Waals surface area contributed by atoms with Gasteiger partial charge in [-0.3, -0.25) is 14.5 Å². The highest BCUT2D eigenvalue weighted by Crippen LogP contribution is 2.40. The third kappa shape index (κ3) is 6.12. The molecule has 3 heterocycles. The minimum absolute atomic E-state index is 0.00741. The molecule has 1 fully saturated rings. The molecule has 9 nitrogen and oxygen atoms in total. The molecule has 0 aliphatic carbocycles. The zero-order chi connectivity index (χ0) is 31.6. The van der Waals surface area contributed by atoms with Crippen molar-refractivity contribution in [2.24, 2.45) is 7.05 Å². The van der Waals surface area contributed by atoms with Crippen LogP contribution >= 0.6 is 11.8 Å². The fourth-order valence-corrected chi connectivity index (χ4v) is 6.75. The van der Waals surface area contributed by atoms with E-state index in [0.717, 1.165) is 38.5 Å². The number of imide groups is 1. The lowest BCUT2D eigenvalue weighted by Gasteiger charge is -2.36. The highest BCUT2D eigenvalue weighted by atomic mass is 32.2. The maximum Gasteiger partial charge on any atom is 0.261 e. The quantitative estimate of drug-likeness (QED) is 0.153. The van der Waals surface area contributed by atoms with Gasteiger partial charge in [-0.15, -0.1) is 10.2 Å². The first-order chi connectivity index (χ1) is 22.5. The third-order valence-corrected chi connectivity index (χ3v) is 9.51. The summed E-state index contributed by atoms with van der Waals surface area (Å²) >= 11 is 1.60. The molecule has 2 amide bonds. The van der Waals surface area contributed by atoms with Crippen LogP contribution in [0.1, 0.15) is 61.8 Å². The largest absolute Gasteiger partial charge is 0.392 e. The van der Waals surface area contributed by atoms with Gasteiger partial charge in [-0.2, -0.15) is 0 Å². The van der Waals surface area contributed by atoms with E-state index in [1.807, 2.05) is 84.4 Å². The lowest BCUT2D eigenvalue weighted by molar-refractivity contribution is -0.245. The molecule has 0 bridgehead atoms. The molecule has 0 unspecified atom stereocenters. The van der Waals surface area contributed by atoms with E-state index in [1.165, 1.54) is 4.90 Å². The van der Waals surface area contributed by atoms with Crippen molar-refractivity contribution in [3.63, 3.8) is 0 Å². The van der Waals surface area contributed by atoms with Crippen molar-refractivity contribution in [2.75, 3.05) is 5.75 Å². The van der Waals surface area contributed by atoms with E-state index in [4.69, 9.17) is 9.47 Å². The molecular weight excluding hydrogens is 600 g/mol. The fourth-order valence-electron chi connectivity index (χ4n) is 5.84. The Labute approximate surface area is 270 Å². The number of aliphatic hydroxyl groups is 1. The second-order valence-corrected chi connectivity index (χ2v) is 12.4. The van der Waals surface area contributed by atoms with E-state index in [9.17, 15) is 14.7 Å². The van der Waals surface area contributed by atoms with Crippen molar-refractivity contribution in [2.45, 2.75) is 43.2 Å². The molecule has 0 spiro atoms. The number of amides is 2. The minimum atomic E-state index is -0.574. The van der Waals surface area contributed by atoms with Gasteiger partial charge < -0.3 is 19.1 Å². The predicted octanol–water partition coefficient (Wildman–Crippen LogP) is 6.11.